The summed E-state index contributed by atoms with van der Waals surface area (Å²) < 4.78 is 0. The third-order valence-corrected chi connectivity index (χ3v) is 8.52. The van der Waals surface area contributed by atoms with E-state index in [4.69, 9.17) is 0 Å². The van der Waals surface area contributed by atoms with Crippen molar-refractivity contribution in [3.8, 4) is 0 Å². The van der Waals surface area contributed by atoms with Gasteiger partial charge in [0.05, 0.1) is 12.1 Å². The summed E-state index contributed by atoms with van der Waals surface area (Å²) in [6, 6.07) is 8.70. The van der Waals surface area contributed by atoms with Crippen LogP contribution in [0.15, 0.2) is 24.3 Å². The zero-order valence-electron chi connectivity index (χ0n) is 19.4. The molecule has 1 aliphatic heterocycles. The Hall–Kier alpha value is -1.88. The minimum atomic E-state index is -0.0460. The molecule has 1 aromatic rings. The molecule has 0 bridgehead atoms. The summed E-state index contributed by atoms with van der Waals surface area (Å²) in [6.45, 7) is 3.21. The van der Waals surface area contributed by atoms with Crippen molar-refractivity contribution in [2.45, 2.75) is 82.7 Å². The Balaban J connectivity index is 1.25. The standard InChI is InChI=1S/C27H39N3O2/c31-26(28-24-15-7-13-20-8-5-6-14-23(20)24)25(21-9-1-2-10-21)29-16-18-30(19-17-29)27(32)22-11-3-4-12-22/h5-6,8,14,21-22,24-25H,1-4,7,9-13,15-19H2,(H,28,31). The molecule has 0 spiro atoms. The predicted octanol–water partition coefficient (Wildman–Crippen LogP) is 4.07. The zero-order chi connectivity index (χ0) is 21.9. The summed E-state index contributed by atoms with van der Waals surface area (Å²) in [5, 5.41) is 3.47. The van der Waals surface area contributed by atoms with Crippen LogP contribution in [0.3, 0.4) is 0 Å². The topological polar surface area (TPSA) is 52.7 Å². The lowest BCUT2D eigenvalue weighted by Crippen LogP contribution is -2.58. The molecule has 1 heterocycles. The Morgan fingerprint density at radius 2 is 1.53 bits per heavy atom. The number of fused-ring (bicyclic) bond motifs is 1. The molecule has 32 heavy (non-hydrogen) atoms. The van der Waals surface area contributed by atoms with Crippen LogP contribution in [0.2, 0.25) is 0 Å². The number of nitrogens with zero attached hydrogens (tertiary/aromatic N) is 2. The van der Waals surface area contributed by atoms with E-state index in [1.54, 1.807) is 0 Å². The summed E-state index contributed by atoms with van der Waals surface area (Å²) in [5.74, 6) is 1.28. The summed E-state index contributed by atoms with van der Waals surface area (Å²) in [7, 11) is 0. The Morgan fingerprint density at radius 1 is 0.844 bits per heavy atom. The van der Waals surface area contributed by atoms with Crippen LogP contribution in [-0.4, -0.2) is 53.8 Å². The molecule has 2 saturated carbocycles. The molecule has 1 aromatic carbocycles. The van der Waals surface area contributed by atoms with E-state index in [1.165, 1.54) is 36.8 Å². The van der Waals surface area contributed by atoms with E-state index in [0.29, 0.717) is 11.8 Å². The van der Waals surface area contributed by atoms with Crippen LogP contribution in [0.4, 0.5) is 0 Å². The van der Waals surface area contributed by atoms with Crippen LogP contribution in [0.5, 0.6) is 0 Å². The monoisotopic (exact) mass is 437 g/mol. The third-order valence-electron chi connectivity index (χ3n) is 8.52. The number of aryl methyl sites for hydroxylation is 1. The Labute approximate surface area is 192 Å². The van der Waals surface area contributed by atoms with Gasteiger partial charge in [-0.1, -0.05) is 49.9 Å². The third kappa shape index (κ3) is 4.59. The second kappa shape index (κ2) is 9.94. The largest absolute Gasteiger partial charge is 0.348 e. The van der Waals surface area contributed by atoms with Gasteiger partial charge in [-0.3, -0.25) is 14.5 Å². The highest BCUT2D eigenvalue weighted by Gasteiger charge is 2.39. The number of nitrogens with one attached hydrogen (secondary N) is 1. The van der Waals surface area contributed by atoms with E-state index in [-0.39, 0.29) is 23.9 Å². The molecule has 1 N–H and O–H groups in total. The smallest absolute Gasteiger partial charge is 0.238 e. The number of amides is 2. The van der Waals surface area contributed by atoms with Gasteiger partial charge in [0.2, 0.25) is 11.8 Å². The number of hydrogen-bond acceptors (Lipinski definition) is 3. The predicted molar refractivity (Wildman–Crippen MR) is 126 cm³/mol. The van der Waals surface area contributed by atoms with E-state index >= 15 is 0 Å². The van der Waals surface area contributed by atoms with Gasteiger partial charge in [-0.15, -0.1) is 0 Å². The SMILES string of the molecule is O=C(NC1CCCc2ccccc21)C(C1CCCC1)N1CCN(C(=O)C2CCCC2)CC1. The van der Waals surface area contributed by atoms with Crippen LogP contribution in [-0.2, 0) is 16.0 Å². The van der Waals surface area contributed by atoms with Crippen LogP contribution >= 0.6 is 0 Å². The molecule has 3 aliphatic carbocycles. The fraction of sp³-hybridized carbons (Fsp3) is 0.704. The van der Waals surface area contributed by atoms with E-state index in [1.807, 2.05) is 0 Å². The van der Waals surface area contributed by atoms with Crippen molar-refractivity contribution >= 4 is 11.8 Å². The molecule has 174 valence electrons. The van der Waals surface area contributed by atoms with Gasteiger partial charge in [0, 0.05) is 32.1 Å². The molecule has 0 radical (unpaired) electrons. The lowest BCUT2D eigenvalue weighted by Gasteiger charge is -2.42. The zero-order valence-corrected chi connectivity index (χ0v) is 19.4. The number of hydrogen-bond donors (Lipinski definition) is 1. The van der Waals surface area contributed by atoms with Crippen molar-refractivity contribution in [3.05, 3.63) is 35.4 Å². The van der Waals surface area contributed by atoms with Crippen molar-refractivity contribution in [2.75, 3.05) is 26.2 Å². The number of carbonyl (C=O) groups excluding carboxylic acids is 2. The van der Waals surface area contributed by atoms with E-state index in [2.05, 4.69) is 39.4 Å². The maximum atomic E-state index is 13.7. The van der Waals surface area contributed by atoms with E-state index < -0.39 is 0 Å². The van der Waals surface area contributed by atoms with E-state index in [9.17, 15) is 9.59 Å². The molecule has 0 aromatic heterocycles. The molecule has 2 atom stereocenters. The first-order valence-electron chi connectivity index (χ1n) is 13.1. The quantitative estimate of drug-likeness (QED) is 0.755. The highest BCUT2D eigenvalue weighted by atomic mass is 16.2. The van der Waals surface area contributed by atoms with Gasteiger partial charge in [0.1, 0.15) is 0 Å². The average molecular weight is 438 g/mol. The number of carbonyl (C=O) groups is 2. The van der Waals surface area contributed by atoms with Gasteiger partial charge < -0.3 is 10.2 Å². The molecule has 5 heteroatoms. The molecule has 4 aliphatic rings. The fourth-order valence-electron chi connectivity index (χ4n) is 6.76. The van der Waals surface area contributed by atoms with Crippen LogP contribution in [0.25, 0.3) is 0 Å². The minimum Gasteiger partial charge on any atom is -0.348 e. The second-order valence-electron chi connectivity index (χ2n) is 10.5. The molecule has 3 fully saturated rings. The second-order valence-corrected chi connectivity index (χ2v) is 10.5. The fourth-order valence-corrected chi connectivity index (χ4v) is 6.76. The summed E-state index contributed by atoms with van der Waals surface area (Å²) in [5.41, 5.74) is 2.70. The summed E-state index contributed by atoms with van der Waals surface area (Å²) >= 11 is 0. The van der Waals surface area contributed by atoms with Gasteiger partial charge in [0.15, 0.2) is 0 Å². The highest BCUT2D eigenvalue weighted by molar-refractivity contribution is 5.83. The van der Waals surface area contributed by atoms with Gasteiger partial charge in [-0.25, -0.2) is 0 Å². The van der Waals surface area contributed by atoms with Crippen molar-refractivity contribution in [1.29, 1.82) is 0 Å². The molecule has 5 rings (SSSR count). The molecule has 2 unspecified atom stereocenters. The molecular weight excluding hydrogens is 398 g/mol. The molecule has 5 nitrogen and oxygen atoms in total. The van der Waals surface area contributed by atoms with Gasteiger partial charge in [-0.05, 0) is 62.0 Å². The van der Waals surface area contributed by atoms with Crippen molar-refractivity contribution in [1.82, 2.24) is 15.1 Å². The highest BCUT2D eigenvalue weighted by Crippen LogP contribution is 2.34. The maximum Gasteiger partial charge on any atom is 0.238 e. The van der Waals surface area contributed by atoms with Crippen molar-refractivity contribution < 1.29 is 9.59 Å². The first-order chi connectivity index (χ1) is 15.7. The Morgan fingerprint density at radius 3 is 2.28 bits per heavy atom. The lowest BCUT2D eigenvalue weighted by atomic mass is 9.87. The Bertz CT molecular complexity index is 805. The summed E-state index contributed by atoms with van der Waals surface area (Å²) in [4.78, 5) is 31.1. The van der Waals surface area contributed by atoms with Gasteiger partial charge in [0.25, 0.3) is 0 Å². The normalized spacial score (nSPS) is 26.1. The number of piperazine rings is 1. The average Bonchev–Trinajstić information content (AvgIpc) is 3.55. The van der Waals surface area contributed by atoms with Gasteiger partial charge in [-0.2, -0.15) is 0 Å². The lowest BCUT2D eigenvalue weighted by molar-refractivity contribution is -0.139. The Kier molecular flexibility index (Phi) is 6.82. The van der Waals surface area contributed by atoms with Crippen LogP contribution in [0, 0.1) is 11.8 Å². The number of benzene rings is 1. The number of rotatable bonds is 5. The van der Waals surface area contributed by atoms with E-state index in [0.717, 1.165) is 71.1 Å². The maximum absolute atomic E-state index is 13.7. The first kappa shape index (κ1) is 21.9. The minimum absolute atomic E-state index is 0.0460. The molecular formula is C27H39N3O2. The van der Waals surface area contributed by atoms with Crippen molar-refractivity contribution in [2.24, 2.45) is 11.8 Å². The molecule has 2 amide bonds. The molecule has 1 saturated heterocycles. The van der Waals surface area contributed by atoms with Crippen molar-refractivity contribution in [3.63, 3.8) is 0 Å². The first-order valence-corrected chi connectivity index (χ1v) is 13.1. The summed E-state index contributed by atoms with van der Waals surface area (Å²) in [6.07, 6.45) is 12.6. The van der Waals surface area contributed by atoms with Gasteiger partial charge >= 0.3 is 0 Å². The van der Waals surface area contributed by atoms with Crippen LogP contribution in [0.1, 0.15) is 81.4 Å². The van der Waals surface area contributed by atoms with Crippen LogP contribution < -0.4 is 5.32 Å².